The summed E-state index contributed by atoms with van der Waals surface area (Å²) in [5, 5.41) is 11.6. The molecule has 0 bridgehead atoms. The fraction of sp³-hybridized carbons (Fsp3) is 0.526. The second kappa shape index (κ2) is 7.78. The minimum absolute atomic E-state index is 0.0247. The van der Waals surface area contributed by atoms with Gasteiger partial charge in [-0.15, -0.1) is 0 Å². The van der Waals surface area contributed by atoms with Crippen molar-refractivity contribution in [2.45, 2.75) is 44.7 Å². The predicted octanol–water partition coefficient (Wildman–Crippen LogP) is 2.17. The van der Waals surface area contributed by atoms with Gasteiger partial charge in [0.1, 0.15) is 0 Å². The minimum atomic E-state index is -0.524. The molecule has 1 N–H and O–H groups in total. The summed E-state index contributed by atoms with van der Waals surface area (Å²) in [4.78, 5) is 15.0. The molecular formula is C19H26N4O2. The topological polar surface area (TPSA) is 69.0 Å². The van der Waals surface area contributed by atoms with E-state index in [1.165, 1.54) is 0 Å². The molecule has 0 radical (unpaired) electrons. The maximum Gasteiger partial charge on any atom is 0.231 e. The molecule has 1 fully saturated rings. The van der Waals surface area contributed by atoms with Gasteiger partial charge in [0.05, 0.1) is 30.4 Å². The second-order valence-electron chi connectivity index (χ2n) is 6.97. The molecule has 0 spiro atoms. The Bertz CT molecular complexity index is 664. The van der Waals surface area contributed by atoms with Crippen LogP contribution in [-0.2, 0) is 21.5 Å². The standard InChI is InChI=1S/C19H26N4O2/c1-15(2)17(14-23-20-10-11-21-23)22-18(24)19(8-12-25-13-9-19)16-6-4-3-5-7-16/h3-7,10-11,15,17H,8-9,12-14H2,1-2H3,(H,22,24). The van der Waals surface area contributed by atoms with Crippen LogP contribution in [0.4, 0.5) is 0 Å². The van der Waals surface area contributed by atoms with Gasteiger partial charge in [0, 0.05) is 13.2 Å². The van der Waals surface area contributed by atoms with E-state index in [0.29, 0.717) is 32.6 Å². The zero-order chi connectivity index (χ0) is 17.7. The summed E-state index contributed by atoms with van der Waals surface area (Å²) in [5.74, 6) is 0.357. The summed E-state index contributed by atoms with van der Waals surface area (Å²) < 4.78 is 5.53. The number of carbonyl (C=O) groups excluding carboxylic acids is 1. The first-order chi connectivity index (χ1) is 12.1. The van der Waals surface area contributed by atoms with Gasteiger partial charge in [0.25, 0.3) is 0 Å². The SMILES string of the molecule is CC(C)C(Cn1nccn1)NC(=O)C1(c2ccccc2)CCOCC1. The molecule has 0 saturated carbocycles. The maximum atomic E-state index is 13.3. The van der Waals surface area contributed by atoms with Gasteiger partial charge in [0.15, 0.2) is 0 Å². The Morgan fingerprint density at radius 1 is 1.20 bits per heavy atom. The summed E-state index contributed by atoms with van der Waals surface area (Å²) in [6.45, 7) is 5.99. The molecule has 1 aromatic carbocycles. The molecular weight excluding hydrogens is 316 g/mol. The van der Waals surface area contributed by atoms with Crippen LogP contribution in [0.5, 0.6) is 0 Å². The van der Waals surface area contributed by atoms with Gasteiger partial charge < -0.3 is 10.1 Å². The fourth-order valence-corrected chi connectivity index (χ4v) is 3.37. The Morgan fingerprint density at radius 2 is 1.84 bits per heavy atom. The second-order valence-corrected chi connectivity index (χ2v) is 6.97. The number of carbonyl (C=O) groups is 1. The fourth-order valence-electron chi connectivity index (χ4n) is 3.37. The van der Waals surface area contributed by atoms with E-state index in [1.54, 1.807) is 17.2 Å². The van der Waals surface area contributed by atoms with Crippen LogP contribution in [-0.4, -0.2) is 40.2 Å². The van der Waals surface area contributed by atoms with Crippen molar-refractivity contribution in [3.63, 3.8) is 0 Å². The number of nitrogens with one attached hydrogen (secondary N) is 1. The van der Waals surface area contributed by atoms with E-state index in [4.69, 9.17) is 4.74 Å². The monoisotopic (exact) mass is 342 g/mol. The highest BCUT2D eigenvalue weighted by Crippen LogP contribution is 2.35. The lowest BCUT2D eigenvalue weighted by Gasteiger charge is -2.38. The molecule has 25 heavy (non-hydrogen) atoms. The average molecular weight is 342 g/mol. The van der Waals surface area contributed by atoms with Gasteiger partial charge in [-0.25, -0.2) is 0 Å². The van der Waals surface area contributed by atoms with E-state index in [1.807, 2.05) is 30.3 Å². The lowest BCUT2D eigenvalue weighted by atomic mass is 9.73. The largest absolute Gasteiger partial charge is 0.381 e. The number of hydrogen-bond acceptors (Lipinski definition) is 4. The summed E-state index contributed by atoms with van der Waals surface area (Å²) in [5.41, 5.74) is 0.542. The lowest BCUT2D eigenvalue weighted by molar-refractivity contribution is -0.131. The lowest BCUT2D eigenvalue weighted by Crippen LogP contribution is -2.53. The molecule has 1 saturated heterocycles. The van der Waals surface area contributed by atoms with E-state index in [9.17, 15) is 4.79 Å². The average Bonchev–Trinajstić information content (AvgIpc) is 3.15. The number of ether oxygens (including phenoxy) is 1. The molecule has 0 aliphatic carbocycles. The van der Waals surface area contributed by atoms with Crippen LogP contribution in [0, 0.1) is 5.92 Å². The van der Waals surface area contributed by atoms with E-state index in [2.05, 4.69) is 29.4 Å². The molecule has 1 unspecified atom stereocenters. The van der Waals surface area contributed by atoms with E-state index in [0.717, 1.165) is 5.56 Å². The quantitative estimate of drug-likeness (QED) is 0.873. The Balaban J connectivity index is 1.82. The highest BCUT2D eigenvalue weighted by Gasteiger charge is 2.42. The van der Waals surface area contributed by atoms with Crippen molar-refractivity contribution in [1.29, 1.82) is 0 Å². The molecule has 134 valence electrons. The van der Waals surface area contributed by atoms with Crippen LogP contribution < -0.4 is 5.32 Å². The zero-order valence-corrected chi connectivity index (χ0v) is 14.9. The summed E-state index contributed by atoms with van der Waals surface area (Å²) >= 11 is 0. The van der Waals surface area contributed by atoms with Crippen molar-refractivity contribution in [3.8, 4) is 0 Å². The van der Waals surface area contributed by atoms with E-state index < -0.39 is 5.41 Å². The third kappa shape index (κ3) is 3.90. The van der Waals surface area contributed by atoms with Crippen LogP contribution in [0.25, 0.3) is 0 Å². The molecule has 3 rings (SSSR count). The van der Waals surface area contributed by atoms with Crippen molar-refractivity contribution in [1.82, 2.24) is 20.3 Å². The summed E-state index contributed by atoms with van der Waals surface area (Å²) in [6, 6.07) is 10.0. The van der Waals surface area contributed by atoms with Crippen LogP contribution >= 0.6 is 0 Å². The number of nitrogens with zero attached hydrogens (tertiary/aromatic N) is 3. The van der Waals surface area contributed by atoms with E-state index >= 15 is 0 Å². The van der Waals surface area contributed by atoms with Crippen LogP contribution in [0.15, 0.2) is 42.7 Å². The molecule has 6 heteroatoms. The Kier molecular flexibility index (Phi) is 5.48. The smallest absolute Gasteiger partial charge is 0.231 e. The summed E-state index contributed by atoms with van der Waals surface area (Å²) in [7, 11) is 0. The van der Waals surface area contributed by atoms with Gasteiger partial charge in [-0.3, -0.25) is 4.79 Å². The van der Waals surface area contributed by atoms with Crippen molar-refractivity contribution in [2.24, 2.45) is 5.92 Å². The molecule has 2 aromatic rings. The molecule has 1 atom stereocenters. The number of benzene rings is 1. The molecule has 2 heterocycles. The maximum absolute atomic E-state index is 13.3. The first kappa shape index (κ1) is 17.6. The van der Waals surface area contributed by atoms with Crippen LogP contribution in [0.2, 0.25) is 0 Å². The molecule has 1 aliphatic heterocycles. The van der Waals surface area contributed by atoms with Crippen LogP contribution in [0.3, 0.4) is 0 Å². The van der Waals surface area contributed by atoms with Gasteiger partial charge in [0.2, 0.25) is 5.91 Å². The summed E-state index contributed by atoms with van der Waals surface area (Å²) in [6.07, 6.45) is 4.72. The van der Waals surface area contributed by atoms with Gasteiger partial charge in [-0.1, -0.05) is 44.2 Å². The highest BCUT2D eigenvalue weighted by molar-refractivity contribution is 5.88. The Labute approximate surface area is 148 Å². The highest BCUT2D eigenvalue weighted by atomic mass is 16.5. The normalized spacial score (nSPS) is 18.0. The molecule has 6 nitrogen and oxygen atoms in total. The third-order valence-electron chi connectivity index (χ3n) is 5.06. The van der Waals surface area contributed by atoms with Crippen molar-refractivity contribution in [2.75, 3.05) is 13.2 Å². The van der Waals surface area contributed by atoms with Gasteiger partial charge in [-0.05, 0) is 24.3 Å². The number of hydrogen-bond donors (Lipinski definition) is 1. The Morgan fingerprint density at radius 3 is 2.44 bits per heavy atom. The minimum Gasteiger partial charge on any atom is -0.381 e. The third-order valence-corrected chi connectivity index (χ3v) is 5.06. The number of rotatable bonds is 6. The first-order valence-electron chi connectivity index (χ1n) is 8.90. The Hall–Kier alpha value is -2.21. The van der Waals surface area contributed by atoms with Gasteiger partial charge in [-0.2, -0.15) is 15.0 Å². The van der Waals surface area contributed by atoms with Crippen molar-refractivity contribution in [3.05, 3.63) is 48.3 Å². The van der Waals surface area contributed by atoms with Crippen molar-refractivity contribution < 1.29 is 9.53 Å². The van der Waals surface area contributed by atoms with E-state index in [-0.39, 0.29) is 17.9 Å². The van der Waals surface area contributed by atoms with Crippen LogP contribution in [0.1, 0.15) is 32.3 Å². The first-order valence-corrected chi connectivity index (χ1v) is 8.90. The van der Waals surface area contributed by atoms with Gasteiger partial charge >= 0.3 is 0 Å². The molecule has 1 amide bonds. The predicted molar refractivity (Wildman–Crippen MR) is 95.0 cm³/mol. The number of aromatic nitrogens is 3. The van der Waals surface area contributed by atoms with Crippen molar-refractivity contribution >= 4 is 5.91 Å². The molecule has 1 aliphatic rings. The number of amides is 1. The molecule has 1 aromatic heterocycles. The zero-order valence-electron chi connectivity index (χ0n) is 14.9.